The van der Waals surface area contributed by atoms with Gasteiger partial charge in [-0.3, -0.25) is 0 Å². The summed E-state index contributed by atoms with van der Waals surface area (Å²) in [5.74, 6) is 0.747. The maximum Gasteiger partial charge on any atom is 0.0406 e. The van der Waals surface area contributed by atoms with Gasteiger partial charge >= 0.3 is 0 Å². The van der Waals surface area contributed by atoms with E-state index in [0.717, 1.165) is 12.4 Å². The molecular weight excluding hydrogens is 202 g/mol. The Balaban J connectivity index is 1.84. The summed E-state index contributed by atoms with van der Waals surface area (Å²) in [6, 6.07) is 2.16. The van der Waals surface area contributed by atoms with Crippen molar-refractivity contribution in [3.63, 3.8) is 0 Å². The van der Waals surface area contributed by atoms with Crippen LogP contribution in [-0.4, -0.2) is 11.4 Å². The zero-order chi connectivity index (χ0) is 9.15. The third-order valence-corrected chi connectivity index (χ3v) is 4.06. The number of nitrogens with one attached hydrogen (secondary N) is 1. The fourth-order valence-corrected chi connectivity index (χ4v) is 2.67. The SMILES string of the molecule is ClCC1(NCc2ccsc2)CCC1. The molecule has 1 aliphatic rings. The molecule has 0 radical (unpaired) electrons. The van der Waals surface area contributed by atoms with Gasteiger partial charge < -0.3 is 5.32 Å². The van der Waals surface area contributed by atoms with Crippen LogP contribution in [0.15, 0.2) is 16.8 Å². The Labute approximate surface area is 88.1 Å². The van der Waals surface area contributed by atoms with Gasteiger partial charge in [-0.05, 0) is 41.7 Å². The number of alkyl halides is 1. The minimum absolute atomic E-state index is 0.253. The molecule has 0 aromatic carbocycles. The van der Waals surface area contributed by atoms with Gasteiger partial charge in [0.1, 0.15) is 0 Å². The molecule has 72 valence electrons. The van der Waals surface area contributed by atoms with Crippen molar-refractivity contribution >= 4 is 22.9 Å². The van der Waals surface area contributed by atoms with Crippen LogP contribution in [0.4, 0.5) is 0 Å². The Morgan fingerprint density at radius 2 is 2.38 bits per heavy atom. The van der Waals surface area contributed by atoms with Crippen molar-refractivity contribution in [2.24, 2.45) is 0 Å². The molecule has 1 aliphatic carbocycles. The molecule has 1 fully saturated rings. The minimum Gasteiger partial charge on any atom is -0.306 e. The van der Waals surface area contributed by atoms with Gasteiger partial charge in [0.15, 0.2) is 0 Å². The van der Waals surface area contributed by atoms with E-state index in [1.807, 2.05) is 0 Å². The monoisotopic (exact) mass is 215 g/mol. The zero-order valence-electron chi connectivity index (χ0n) is 7.55. The van der Waals surface area contributed by atoms with Gasteiger partial charge in [0.2, 0.25) is 0 Å². The lowest BCUT2D eigenvalue weighted by molar-refractivity contribution is 0.211. The van der Waals surface area contributed by atoms with Gasteiger partial charge in [-0.15, -0.1) is 11.6 Å². The third-order valence-electron chi connectivity index (χ3n) is 2.81. The molecule has 1 saturated carbocycles. The fourth-order valence-electron chi connectivity index (χ4n) is 1.64. The molecule has 0 atom stereocenters. The molecule has 1 heterocycles. The van der Waals surface area contributed by atoms with Crippen LogP contribution in [0.5, 0.6) is 0 Å². The van der Waals surface area contributed by atoms with Crippen LogP contribution in [0, 0.1) is 0 Å². The molecule has 0 aliphatic heterocycles. The first-order valence-electron chi connectivity index (χ1n) is 4.67. The predicted molar refractivity (Wildman–Crippen MR) is 58.5 cm³/mol. The summed E-state index contributed by atoms with van der Waals surface area (Å²) in [6.45, 7) is 0.968. The largest absolute Gasteiger partial charge is 0.306 e. The summed E-state index contributed by atoms with van der Waals surface area (Å²) >= 11 is 7.69. The minimum atomic E-state index is 0.253. The van der Waals surface area contributed by atoms with E-state index in [0.29, 0.717) is 0 Å². The number of hydrogen-bond donors (Lipinski definition) is 1. The van der Waals surface area contributed by atoms with Gasteiger partial charge in [-0.2, -0.15) is 11.3 Å². The van der Waals surface area contributed by atoms with Crippen LogP contribution < -0.4 is 5.32 Å². The van der Waals surface area contributed by atoms with Gasteiger partial charge in [0.05, 0.1) is 0 Å². The van der Waals surface area contributed by atoms with Crippen molar-refractivity contribution in [1.82, 2.24) is 5.32 Å². The highest BCUT2D eigenvalue weighted by Gasteiger charge is 2.35. The smallest absolute Gasteiger partial charge is 0.0406 e. The van der Waals surface area contributed by atoms with Crippen molar-refractivity contribution in [2.75, 3.05) is 5.88 Å². The maximum atomic E-state index is 5.94. The summed E-state index contributed by atoms with van der Waals surface area (Å²) < 4.78 is 0. The summed E-state index contributed by atoms with van der Waals surface area (Å²) in [5.41, 5.74) is 1.63. The number of hydrogen-bond acceptors (Lipinski definition) is 2. The first kappa shape index (κ1) is 9.50. The molecule has 1 N–H and O–H groups in total. The Bertz CT molecular complexity index is 248. The van der Waals surface area contributed by atoms with E-state index in [-0.39, 0.29) is 5.54 Å². The van der Waals surface area contributed by atoms with E-state index in [4.69, 9.17) is 11.6 Å². The first-order valence-corrected chi connectivity index (χ1v) is 6.14. The molecule has 0 bridgehead atoms. The van der Waals surface area contributed by atoms with Crippen molar-refractivity contribution in [3.05, 3.63) is 22.4 Å². The molecule has 3 heteroatoms. The van der Waals surface area contributed by atoms with E-state index < -0.39 is 0 Å². The van der Waals surface area contributed by atoms with Gasteiger partial charge in [-0.1, -0.05) is 0 Å². The summed E-state index contributed by atoms with van der Waals surface area (Å²) in [6.07, 6.45) is 3.80. The molecule has 1 aromatic heterocycles. The lowest BCUT2D eigenvalue weighted by atomic mass is 9.78. The Hall–Kier alpha value is -0.0500. The lowest BCUT2D eigenvalue weighted by Crippen LogP contribution is -2.52. The average molecular weight is 216 g/mol. The molecule has 0 saturated heterocycles. The standard InChI is InChI=1S/C10H14ClNS/c11-8-10(3-1-4-10)12-6-9-2-5-13-7-9/h2,5,7,12H,1,3-4,6,8H2. The van der Waals surface area contributed by atoms with Gasteiger partial charge in [-0.25, -0.2) is 0 Å². The highest BCUT2D eigenvalue weighted by atomic mass is 35.5. The summed E-state index contributed by atoms with van der Waals surface area (Å²) in [7, 11) is 0. The Kier molecular flexibility index (Phi) is 2.92. The second-order valence-corrected chi connectivity index (χ2v) is 4.80. The second-order valence-electron chi connectivity index (χ2n) is 3.75. The van der Waals surface area contributed by atoms with Crippen LogP contribution in [0.25, 0.3) is 0 Å². The van der Waals surface area contributed by atoms with Crippen molar-refractivity contribution < 1.29 is 0 Å². The predicted octanol–water partition coefficient (Wildman–Crippen LogP) is 3.00. The molecule has 1 aromatic rings. The molecule has 0 amide bonds. The van der Waals surface area contributed by atoms with Crippen molar-refractivity contribution in [1.29, 1.82) is 0 Å². The van der Waals surface area contributed by atoms with Crippen LogP contribution in [0.1, 0.15) is 24.8 Å². The average Bonchev–Trinajstić information content (AvgIpc) is 2.56. The highest BCUT2D eigenvalue weighted by molar-refractivity contribution is 7.07. The summed E-state index contributed by atoms with van der Waals surface area (Å²) in [5, 5.41) is 7.86. The van der Waals surface area contributed by atoms with Crippen LogP contribution >= 0.6 is 22.9 Å². The van der Waals surface area contributed by atoms with E-state index in [9.17, 15) is 0 Å². The molecule has 1 nitrogen and oxygen atoms in total. The number of halogens is 1. The Morgan fingerprint density at radius 3 is 2.85 bits per heavy atom. The van der Waals surface area contributed by atoms with Crippen LogP contribution in [0.2, 0.25) is 0 Å². The zero-order valence-corrected chi connectivity index (χ0v) is 9.13. The maximum absolute atomic E-state index is 5.94. The molecule has 0 spiro atoms. The van der Waals surface area contributed by atoms with E-state index in [2.05, 4.69) is 22.1 Å². The van der Waals surface area contributed by atoms with Crippen molar-refractivity contribution in [2.45, 2.75) is 31.3 Å². The highest BCUT2D eigenvalue weighted by Crippen LogP contribution is 2.33. The van der Waals surface area contributed by atoms with E-state index >= 15 is 0 Å². The Morgan fingerprint density at radius 1 is 1.54 bits per heavy atom. The van der Waals surface area contributed by atoms with Crippen molar-refractivity contribution in [3.8, 4) is 0 Å². The second kappa shape index (κ2) is 3.99. The van der Waals surface area contributed by atoms with E-state index in [1.54, 1.807) is 11.3 Å². The van der Waals surface area contributed by atoms with Crippen LogP contribution in [-0.2, 0) is 6.54 Å². The molecule has 13 heavy (non-hydrogen) atoms. The summed E-state index contributed by atoms with van der Waals surface area (Å²) in [4.78, 5) is 0. The van der Waals surface area contributed by atoms with E-state index in [1.165, 1.54) is 24.8 Å². The normalized spacial score (nSPS) is 19.8. The number of thiophene rings is 1. The van der Waals surface area contributed by atoms with Gasteiger partial charge in [0.25, 0.3) is 0 Å². The fraction of sp³-hybridized carbons (Fsp3) is 0.600. The molecular formula is C10H14ClNS. The van der Waals surface area contributed by atoms with Gasteiger partial charge in [0, 0.05) is 18.0 Å². The lowest BCUT2D eigenvalue weighted by Gasteiger charge is -2.41. The number of rotatable bonds is 4. The first-order chi connectivity index (χ1) is 6.35. The quantitative estimate of drug-likeness (QED) is 0.762. The van der Waals surface area contributed by atoms with Crippen LogP contribution in [0.3, 0.4) is 0 Å². The molecule has 0 unspecified atom stereocenters. The molecule has 2 rings (SSSR count). The third kappa shape index (κ3) is 2.06. The topological polar surface area (TPSA) is 12.0 Å².